The fraction of sp³-hybridized carbons (Fsp3) is 0.846. The first-order valence-electron chi connectivity index (χ1n) is 6.61. The van der Waals surface area contributed by atoms with Gasteiger partial charge >= 0.3 is 5.97 Å². The Labute approximate surface area is 108 Å². The minimum atomic E-state index is -0.442. The zero-order valence-corrected chi connectivity index (χ0v) is 11.3. The molecular weight excluding hydrogens is 232 g/mol. The van der Waals surface area contributed by atoms with E-state index in [1.54, 1.807) is 0 Å². The van der Waals surface area contributed by atoms with Gasteiger partial charge in [-0.05, 0) is 40.0 Å². The second kappa shape index (κ2) is 4.88. The molecule has 18 heavy (non-hydrogen) atoms. The van der Waals surface area contributed by atoms with Gasteiger partial charge < -0.3 is 15.4 Å². The summed E-state index contributed by atoms with van der Waals surface area (Å²) in [5.74, 6) is -0.215. The fourth-order valence-corrected chi connectivity index (χ4v) is 2.66. The van der Waals surface area contributed by atoms with Crippen LogP contribution in [0.5, 0.6) is 0 Å². The SMILES string of the molecule is CC(C)(C)OC(=O)C1CCC2NCC(=O)NC2C1. The summed E-state index contributed by atoms with van der Waals surface area (Å²) in [4.78, 5) is 23.3. The molecule has 0 radical (unpaired) electrons. The molecule has 5 heteroatoms. The van der Waals surface area contributed by atoms with Gasteiger partial charge in [0.05, 0.1) is 12.5 Å². The molecular formula is C13H22N2O3. The highest BCUT2D eigenvalue weighted by atomic mass is 16.6. The van der Waals surface area contributed by atoms with E-state index in [1.807, 2.05) is 20.8 Å². The van der Waals surface area contributed by atoms with Gasteiger partial charge in [-0.1, -0.05) is 0 Å². The number of esters is 1. The van der Waals surface area contributed by atoms with Crippen molar-refractivity contribution in [3.8, 4) is 0 Å². The van der Waals surface area contributed by atoms with Crippen LogP contribution in [0.3, 0.4) is 0 Å². The lowest BCUT2D eigenvalue weighted by atomic mass is 9.81. The Morgan fingerprint density at radius 3 is 2.67 bits per heavy atom. The molecule has 0 bridgehead atoms. The molecule has 0 aromatic rings. The average molecular weight is 254 g/mol. The standard InChI is InChI=1S/C13H22N2O3/c1-13(2,3)18-12(17)8-4-5-9-10(6-8)15-11(16)7-14-9/h8-10,14H,4-7H2,1-3H3,(H,15,16). The predicted molar refractivity (Wildman–Crippen MR) is 66.9 cm³/mol. The summed E-state index contributed by atoms with van der Waals surface area (Å²) in [5, 5.41) is 6.17. The fourth-order valence-electron chi connectivity index (χ4n) is 2.66. The molecule has 2 aliphatic rings. The molecule has 2 fully saturated rings. The Hall–Kier alpha value is -1.10. The van der Waals surface area contributed by atoms with Gasteiger partial charge in [0.2, 0.25) is 5.91 Å². The topological polar surface area (TPSA) is 67.4 Å². The maximum Gasteiger partial charge on any atom is 0.309 e. The van der Waals surface area contributed by atoms with Gasteiger partial charge in [-0.15, -0.1) is 0 Å². The molecule has 5 nitrogen and oxygen atoms in total. The third-order valence-corrected chi connectivity index (χ3v) is 3.46. The number of hydrogen-bond acceptors (Lipinski definition) is 4. The second-order valence-corrected chi connectivity index (χ2v) is 6.20. The molecule has 0 spiro atoms. The van der Waals surface area contributed by atoms with Crippen molar-refractivity contribution in [3.05, 3.63) is 0 Å². The predicted octanol–water partition coefficient (Wildman–Crippen LogP) is 0.585. The van der Waals surface area contributed by atoms with Crippen LogP contribution in [0.25, 0.3) is 0 Å². The van der Waals surface area contributed by atoms with E-state index in [-0.39, 0.29) is 23.8 Å². The van der Waals surface area contributed by atoms with Crippen molar-refractivity contribution in [3.63, 3.8) is 0 Å². The number of rotatable bonds is 1. The Kier molecular flexibility index (Phi) is 3.61. The summed E-state index contributed by atoms with van der Waals surface area (Å²) in [7, 11) is 0. The van der Waals surface area contributed by atoms with Crippen molar-refractivity contribution < 1.29 is 14.3 Å². The Morgan fingerprint density at radius 1 is 1.28 bits per heavy atom. The Morgan fingerprint density at radius 2 is 2.00 bits per heavy atom. The first-order valence-corrected chi connectivity index (χ1v) is 6.61. The summed E-state index contributed by atoms with van der Waals surface area (Å²) >= 11 is 0. The quantitative estimate of drug-likeness (QED) is 0.672. The number of fused-ring (bicyclic) bond motifs is 1. The van der Waals surface area contributed by atoms with E-state index in [9.17, 15) is 9.59 Å². The maximum atomic E-state index is 12.0. The van der Waals surface area contributed by atoms with E-state index in [4.69, 9.17) is 4.74 Å². The largest absolute Gasteiger partial charge is 0.460 e. The van der Waals surface area contributed by atoms with E-state index in [1.165, 1.54) is 0 Å². The molecule has 1 aliphatic carbocycles. The molecule has 0 aromatic heterocycles. The number of ether oxygens (including phenoxy) is 1. The molecule has 1 aliphatic heterocycles. The lowest BCUT2D eigenvalue weighted by Crippen LogP contribution is -2.61. The van der Waals surface area contributed by atoms with Crippen molar-refractivity contribution in [1.29, 1.82) is 0 Å². The van der Waals surface area contributed by atoms with E-state index in [0.29, 0.717) is 19.0 Å². The third-order valence-electron chi connectivity index (χ3n) is 3.46. The van der Waals surface area contributed by atoms with Crippen LogP contribution in [0.2, 0.25) is 0 Å². The van der Waals surface area contributed by atoms with Crippen LogP contribution in [-0.2, 0) is 14.3 Å². The van der Waals surface area contributed by atoms with Gasteiger partial charge in [0.15, 0.2) is 0 Å². The maximum absolute atomic E-state index is 12.0. The molecule has 1 amide bonds. The van der Waals surface area contributed by atoms with Gasteiger partial charge in [0.1, 0.15) is 5.60 Å². The summed E-state index contributed by atoms with van der Waals surface area (Å²) < 4.78 is 5.41. The van der Waals surface area contributed by atoms with Gasteiger partial charge in [0.25, 0.3) is 0 Å². The first-order chi connectivity index (χ1) is 8.35. The number of carbonyl (C=O) groups is 2. The smallest absolute Gasteiger partial charge is 0.309 e. The zero-order valence-electron chi connectivity index (χ0n) is 11.3. The Balaban J connectivity index is 1.93. The van der Waals surface area contributed by atoms with Crippen LogP contribution >= 0.6 is 0 Å². The van der Waals surface area contributed by atoms with E-state index >= 15 is 0 Å². The lowest BCUT2D eigenvalue weighted by Gasteiger charge is -2.39. The van der Waals surface area contributed by atoms with Crippen molar-refractivity contribution >= 4 is 11.9 Å². The zero-order chi connectivity index (χ0) is 13.3. The average Bonchev–Trinajstić information content (AvgIpc) is 2.25. The summed E-state index contributed by atoms with van der Waals surface area (Å²) in [5.41, 5.74) is -0.442. The first kappa shape index (κ1) is 13.3. The normalized spacial score (nSPS) is 32.4. The van der Waals surface area contributed by atoms with E-state index in [2.05, 4.69) is 10.6 Å². The number of piperazine rings is 1. The van der Waals surface area contributed by atoms with Crippen LogP contribution in [-0.4, -0.2) is 36.1 Å². The van der Waals surface area contributed by atoms with Gasteiger partial charge in [-0.2, -0.15) is 0 Å². The third kappa shape index (κ3) is 3.22. The molecule has 1 saturated heterocycles. The van der Waals surface area contributed by atoms with Crippen LogP contribution < -0.4 is 10.6 Å². The molecule has 0 aromatic carbocycles. The summed E-state index contributed by atoms with van der Waals surface area (Å²) in [6.07, 6.45) is 2.42. The molecule has 1 saturated carbocycles. The van der Waals surface area contributed by atoms with E-state index in [0.717, 1.165) is 12.8 Å². The molecule has 3 atom stereocenters. The van der Waals surface area contributed by atoms with E-state index < -0.39 is 5.60 Å². The van der Waals surface area contributed by atoms with Crippen molar-refractivity contribution in [2.75, 3.05) is 6.54 Å². The summed E-state index contributed by atoms with van der Waals surface area (Å²) in [6, 6.07) is 0.374. The molecule has 2 rings (SSSR count). The minimum Gasteiger partial charge on any atom is -0.460 e. The molecule has 102 valence electrons. The van der Waals surface area contributed by atoms with Crippen molar-refractivity contribution in [1.82, 2.24) is 10.6 Å². The minimum absolute atomic E-state index is 0.0149. The lowest BCUT2D eigenvalue weighted by molar-refractivity contribution is -0.162. The highest BCUT2D eigenvalue weighted by molar-refractivity contribution is 5.80. The van der Waals surface area contributed by atoms with Gasteiger partial charge in [0, 0.05) is 12.1 Å². The van der Waals surface area contributed by atoms with Crippen LogP contribution in [0, 0.1) is 5.92 Å². The number of hydrogen-bond donors (Lipinski definition) is 2. The molecule has 3 unspecified atom stereocenters. The number of nitrogens with one attached hydrogen (secondary N) is 2. The Bertz CT molecular complexity index is 349. The highest BCUT2D eigenvalue weighted by Gasteiger charge is 2.38. The van der Waals surface area contributed by atoms with Crippen LogP contribution in [0.15, 0.2) is 0 Å². The van der Waals surface area contributed by atoms with Crippen molar-refractivity contribution in [2.45, 2.75) is 57.7 Å². The highest BCUT2D eigenvalue weighted by Crippen LogP contribution is 2.28. The number of carbonyl (C=O) groups excluding carboxylic acids is 2. The van der Waals surface area contributed by atoms with Crippen LogP contribution in [0.1, 0.15) is 40.0 Å². The van der Waals surface area contributed by atoms with Crippen LogP contribution in [0.4, 0.5) is 0 Å². The van der Waals surface area contributed by atoms with Crippen molar-refractivity contribution in [2.24, 2.45) is 5.92 Å². The number of amides is 1. The van der Waals surface area contributed by atoms with Gasteiger partial charge in [-0.3, -0.25) is 9.59 Å². The summed E-state index contributed by atoms with van der Waals surface area (Å²) in [6.45, 7) is 6.01. The monoisotopic (exact) mass is 254 g/mol. The second-order valence-electron chi connectivity index (χ2n) is 6.20. The molecule has 1 heterocycles. The van der Waals surface area contributed by atoms with Gasteiger partial charge in [-0.25, -0.2) is 0 Å². The molecule has 2 N–H and O–H groups in total.